The van der Waals surface area contributed by atoms with E-state index in [0.717, 1.165) is 11.1 Å². The Morgan fingerprint density at radius 1 is 1.19 bits per heavy atom. The predicted octanol–water partition coefficient (Wildman–Crippen LogP) is 1.68. The van der Waals surface area contributed by atoms with E-state index in [1.165, 1.54) is 6.07 Å². The number of carbonyl (C=O) groups is 1. The van der Waals surface area contributed by atoms with Gasteiger partial charge < -0.3 is 19.3 Å². The van der Waals surface area contributed by atoms with Gasteiger partial charge in [-0.1, -0.05) is 41.6 Å². The third kappa shape index (κ3) is 3.51. The number of aldehydes is 1. The van der Waals surface area contributed by atoms with E-state index in [9.17, 15) is 14.8 Å². The Hall–Kier alpha value is -2.97. The number of carbonyl (C=O) groups excluding carboxylic acids is 1. The third-order valence-electron chi connectivity index (χ3n) is 3.98. The van der Waals surface area contributed by atoms with Gasteiger partial charge in [-0.05, 0) is 30.9 Å². The topological polar surface area (TPSA) is 106 Å². The molecule has 0 fully saturated rings. The average Bonchev–Trinajstić information content (AvgIpc) is 3.11. The minimum atomic E-state index is -1.77. The fourth-order valence-corrected chi connectivity index (χ4v) is 2.59. The standard InChI is InChI=1S/C18H17BN2O5/c1-11-6-3-4-7-13(11)17-20-18(26-21-17)12(2)25-16-9-5-8-15(19(23)24)14(16)10-22/h3-10,12,23-24H,1-2H3. The number of rotatable bonds is 6. The van der Waals surface area contributed by atoms with Crippen LogP contribution in [0.4, 0.5) is 0 Å². The number of benzene rings is 2. The monoisotopic (exact) mass is 352 g/mol. The second-order valence-corrected chi connectivity index (χ2v) is 5.78. The van der Waals surface area contributed by atoms with Crippen molar-refractivity contribution in [1.29, 1.82) is 0 Å². The van der Waals surface area contributed by atoms with Gasteiger partial charge >= 0.3 is 7.12 Å². The highest BCUT2D eigenvalue weighted by Gasteiger charge is 2.22. The maximum atomic E-state index is 11.3. The number of nitrogens with zero attached hydrogens (tertiary/aromatic N) is 2. The van der Waals surface area contributed by atoms with Crippen LogP contribution in [0.25, 0.3) is 11.4 Å². The normalized spacial score (nSPS) is 11.8. The van der Waals surface area contributed by atoms with Crippen molar-refractivity contribution < 1.29 is 24.1 Å². The molecule has 0 aliphatic rings. The van der Waals surface area contributed by atoms with Crippen molar-refractivity contribution in [2.24, 2.45) is 0 Å². The molecule has 1 unspecified atom stereocenters. The lowest BCUT2D eigenvalue weighted by molar-refractivity contribution is 0.111. The summed E-state index contributed by atoms with van der Waals surface area (Å²) >= 11 is 0. The first-order valence-corrected chi connectivity index (χ1v) is 8.01. The number of hydrogen-bond acceptors (Lipinski definition) is 7. The van der Waals surface area contributed by atoms with Gasteiger partial charge in [-0.2, -0.15) is 4.98 Å². The second-order valence-electron chi connectivity index (χ2n) is 5.78. The molecule has 26 heavy (non-hydrogen) atoms. The van der Waals surface area contributed by atoms with Gasteiger partial charge in [0, 0.05) is 5.56 Å². The van der Waals surface area contributed by atoms with Crippen LogP contribution in [0.15, 0.2) is 47.0 Å². The zero-order valence-corrected chi connectivity index (χ0v) is 14.3. The Balaban J connectivity index is 1.86. The van der Waals surface area contributed by atoms with Gasteiger partial charge in [0.25, 0.3) is 5.89 Å². The van der Waals surface area contributed by atoms with E-state index < -0.39 is 13.2 Å². The molecule has 3 rings (SSSR count). The first-order valence-electron chi connectivity index (χ1n) is 8.01. The quantitative estimate of drug-likeness (QED) is 0.514. The van der Waals surface area contributed by atoms with Crippen molar-refractivity contribution >= 4 is 18.9 Å². The summed E-state index contributed by atoms with van der Waals surface area (Å²) in [6, 6.07) is 12.2. The lowest BCUT2D eigenvalue weighted by Gasteiger charge is -2.14. The van der Waals surface area contributed by atoms with Gasteiger partial charge in [-0.25, -0.2) is 0 Å². The average molecular weight is 352 g/mol. The summed E-state index contributed by atoms with van der Waals surface area (Å²) in [5.74, 6) is 0.896. The molecular formula is C18H17BN2O5. The van der Waals surface area contributed by atoms with E-state index in [-0.39, 0.29) is 22.7 Å². The molecule has 2 aromatic carbocycles. The summed E-state index contributed by atoms with van der Waals surface area (Å²) in [5.41, 5.74) is 2.00. The highest BCUT2D eigenvalue weighted by atomic mass is 16.5. The summed E-state index contributed by atoms with van der Waals surface area (Å²) in [5, 5.41) is 22.7. The van der Waals surface area contributed by atoms with Crippen molar-refractivity contribution in [2.75, 3.05) is 0 Å². The molecule has 1 aromatic heterocycles. The predicted molar refractivity (Wildman–Crippen MR) is 95.2 cm³/mol. The molecule has 0 aliphatic carbocycles. The summed E-state index contributed by atoms with van der Waals surface area (Å²) in [6.07, 6.45) is -0.117. The van der Waals surface area contributed by atoms with E-state index in [1.54, 1.807) is 19.1 Å². The van der Waals surface area contributed by atoms with Crippen molar-refractivity contribution in [3.63, 3.8) is 0 Å². The molecule has 0 saturated heterocycles. The lowest BCUT2D eigenvalue weighted by atomic mass is 9.77. The minimum absolute atomic E-state index is 0.0630. The highest BCUT2D eigenvalue weighted by Crippen LogP contribution is 2.26. The Kier molecular flexibility index (Phi) is 5.15. The van der Waals surface area contributed by atoms with Gasteiger partial charge in [0.15, 0.2) is 12.4 Å². The summed E-state index contributed by atoms with van der Waals surface area (Å²) in [4.78, 5) is 15.7. The van der Waals surface area contributed by atoms with E-state index >= 15 is 0 Å². The maximum Gasteiger partial charge on any atom is 0.489 e. The van der Waals surface area contributed by atoms with Crippen molar-refractivity contribution in [2.45, 2.75) is 20.0 Å². The van der Waals surface area contributed by atoms with Crippen LogP contribution in [0.3, 0.4) is 0 Å². The van der Waals surface area contributed by atoms with Gasteiger partial charge in [0.1, 0.15) is 5.75 Å². The van der Waals surface area contributed by atoms with Gasteiger partial charge in [0.05, 0.1) is 5.56 Å². The highest BCUT2D eigenvalue weighted by molar-refractivity contribution is 6.60. The molecule has 0 spiro atoms. The summed E-state index contributed by atoms with van der Waals surface area (Å²) < 4.78 is 11.0. The maximum absolute atomic E-state index is 11.3. The van der Waals surface area contributed by atoms with Crippen LogP contribution in [0, 0.1) is 6.92 Å². The summed E-state index contributed by atoms with van der Waals surface area (Å²) in [6.45, 7) is 3.65. The van der Waals surface area contributed by atoms with Crippen LogP contribution in [0.5, 0.6) is 5.75 Å². The molecule has 8 heteroatoms. The zero-order chi connectivity index (χ0) is 18.7. The van der Waals surface area contributed by atoms with Crippen molar-refractivity contribution in [3.8, 4) is 17.1 Å². The van der Waals surface area contributed by atoms with E-state index in [1.807, 2.05) is 31.2 Å². The number of ether oxygens (including phenoxy) is 1. The van der Waals surface area contributed by atoms with Crippen LogP contribution in [-0.2, 0) is 0 Å². The molecule has 7 nitrogen and oxygen atoms in total. The zero-order valence-electron chi connectivity index (χ0n) is 14.3. The fourth-order valence-electron chi connectivity index (χ4n) is 2.59. The molecule has 132 valence electrons. The molecular weight excluding hydrogens is 335 g/mol. The van der Waals surface area contributed by atoms with Crippen LogP contribution in [-0.4, -0.2) is 33.6 Å². The number of aromatic nitrogens is 2. The molecule has 2 N–H and O–H groups in total. The van der Waals surface area contributed by atoms with Gasteiger partial charge in [-0.3, -0.25) is 4.79 Å². The summed E-state index contributed by atoms with van der Waals surface area (Å²) in [7, 11) is -1.77. The van der Waals surface area contributed by atoms with E-state index in [0.29, 0.717) is 12.1 Å². The number of aryl methyl sites for hydroxylation is 1. The largest absolute Gasteiger partial charge is 0.489 e. The first-order chi connectivity index (χ1) is 12.5. The Labute approximate surface area is 150 Å². The number of hydrogen-bond donors (Lipinski definition) is 2. The third-order valence-corrected chi connectivity index (χ3v) is 3.98. The van der Waals surface area contributed by atoms with Gasteiger partial charge in [0.2, 0.25) is 5.82 Å². The van der Waals surface area contributed by atoms with Crippen LogP contribution in [0.1, 0.15) is 34.8 Å². The minimum Gasteiger partial charge on any atom is -0.480 e. The van der Waals surface area contributed by atoms with Gasteiger partial charge in [-0.15, -0.1) is 0 Å². The Morgan fingerprint density at radius 3 is 2.65 bits per heavy atom. The van der Waals surface area contributed by atoms with Crippen molar-refractivity contribution in [3.05, 3.63) is 59.5 Å². The Bertz CT molecular complexity index is 925. The van der Waals surface area contributed by atoms with Crippen LogP contribution in [0.2, 0.25) is 0 Å². The smallest absolute Gasteiger partial charge is 0.480 e. The Morgan fingerprint density at radius 2 is 1.96 bits per heavy atom. The SMILES string of the molecule is Cc1ccccc1-c1noc(C(C)Oc2cccc(B(O)O)c2C=O)n1. The fraction of sp³-hybridized carbons (Fsp3) is 0.167. The van der Waals surface area contributed by atoms with E-state index in [4.69, 9.17) is 9.26 Å². The molecule has 1 heterocycles. The molecule has 0 bridgehead atoms. The first kappa shape index (κ1) is 17.8. The van der Waals surface area contributed by atoms with Crippen molar-refractivity contribution in [1.82, 2.24) is 10.1 Å². The lowest BCUT2D eigenvalue weighted by Crippen LogP contribution is -2.33. The molecule has 3 aromatic rings. The second kappa shape index (κ2) is 7.51. The molecule has 0 amide bonds. The van der Waals surface area contributed by atoms with E-state index in [2.05, 4.69) is 10.1 Å². The molecule has 0 saturated carbocycles. The van der Waals surface area contributed by atoms with Crippen LogP contribution >= 0.6 is 0 Å². The molecule has 0 aliphatic heterocycles. The van der Waals surface area contributed by atoms with Crippen LogP contribution < -0.4 is 10.2 Å². The molecule has 0 radical (unpaired) electrons. The molecule has 1 atom stereocenters.